The van der Waals surface area contributed by atoms with Crippen molar-refractivity contribution in [2.45, 2.75) is 122 Å². The van der Waals surface area contributed by atoms with Crippen LogP contribution in [-0.2, 0) is 10.8 Å². The highest BCUT2D eigenvalue weighted by atomic mass is 16.5. The van der Waals surface area contributed by atoms with E-state index in [1.165, 1.54) is 11.1 Å². The minimum absolute atomic E-state index is 0.0353. The number of rotatable bonds is 8. The fraction of sp³-hybridized carbons (Fsp3) is 0.214. The first-order valence-electron chi connectivity index (χ1n) is 35.3. The molecule has 0 unspecified atom stereocenters. The van der Waals surface area contributed by atoms with Crippen molar-refractivity contribution >= 4 is 114 Å². The molecule has 11 aromatic carbocycles. The van der Waals surface area contributed by atoms with Crippen LogP contribution < -0.4 is 61.9 Å². The molecule has 0 fully saturated rings. The van der Waals surface area contributed by atoms with Gasteiger partial charge in [0.05, 0.1) is 19.6 Å². The minimum Gasteiger partial charge on any atom is -0.457 e. The number of anilines is 12. The van der Waals surface area contributed by atoms with E-state index in [4.69, 9.17) is 17.7 Å². The predicted molar refractivity (Wildman–Crippen MR) is 392 cm³/mol. The van der Waals surface area contributed by atoms with Crippen LogP contribution in [0.5, 0.6) is 23.0 Å². The van der Waals surface area contributed by atoms with Gasteiger partial charge in [0.25, 0.3) is 13.4 Å². The first-order chi connectivity index (χ1) is 46.5. The van der Waals surface area contributed by atoms with Crippen LogP contribution in [-0.4, -0.2) is 13.4 Å². The monoisotopic (exact) mass is 1200 g/mol. The van der Waals surface area contributed by atoms with Crippen molar-refractivity contribution in [3.05, 3.63) is 261 Å². The molecule has 0 aromatic heterocycles. The summed E-state index contributed by atoms with van der Waals surface area (Å²) in [4.78, 5) is 9.85. The van der Waals surface area contributed by atoms with E-state index in [1.807, 2.05) is 27.7 Å². The average Bonchev–Trinajstić information content (AvgIpc) is 0.683. The second-order valence-corrected chi connectivity index (χ2v) is 28.1. The van der Waals surface area contributed by atoms with Crippen LogP contribution in [0.15, 0.2) is 194 Å². The average molecular weight is 1210 g/mol. The van der Waals surface area contributed by atoms with Gasteiger partial charge in [0.2, 0.25) is 0 Å². The van der Waals surface area contributed by atoms with Crippen LogP contribution >= 0.6 is 0 Å². The van der Waals surface area contributed by atoms with Crippen molar-refractivity contribution < 1.29 is 17.7 Å². The van der Waals surface area contributed by atoms with Gasteiger partial charge in [-0.25, -0.2) is 0 Å². The zero-order valence-corrected chi connectivity index (χ0v) is 55.8. The van der Waals surface area contributed by atoms with Crippen molar-refractivity contribution in [2.24, 2.45) is 0 Å². The van der Waals surface area contributed by atoms with Gasteiger partial charge in [0.1, 0.15) is 23.0 Å². The predicted octanol–water partition coefficient (Wildman–Crippen LogP) is 19.1. The normalized spacial score (nSPS) is 14.4. The van der Waals surface area contributed by atoms with Gasteiger partial charge in [-0.15, -0.1) is 0 Å². The molecule has 0 bridgehead atoms. The van der Waals surface area contributed by atoms with Crippen LogP contribution in [0.2, 0.25) is 0 Å². The summed E-state index contributed by atoms with van der Waals surface area (Å²) < 4.78 is 68.6. The van der Waals surface area contributed by atoms with Crippen LogP contribution in [0.25, 0.3) is 0 Å². The van der Waals surface area contributed by atoms with E-state index in [0.717, 1.165) is 134 Å². The molecule has 0 atom stereocenters. The molecule has 0 radical (unpaired) electrons. The molecular formula is C84H80B2N4O2. The summed E-state index contributed by atoms with van der Waals surface area (Å²) in [5, 5.41) is 0. The molecule has 454 valence electrons. The zero-order valence-electron chi connectivity index (χ0n) is 61.8. The molecule has 4 aliphatic heterocycles. The highest BCUT2D eigenvalue weighted by Gasteiger charge is 2.50. The number of aryl methyl sites for hydroxylation is 6. The Kier molecular flexibility index (Phi) is 12.1. The highest BCUT2D eigenvalue weighted by molar-refractivity contribution is 7.03. The van der Waals surface area contributed by atoms with Crippen LogP contribution in [0.3, 0.4) is 0 Å². The molecule has 92 heavy (non-hydrogen) atoms. The van der Waals surface area contributed by atoms with E-state index in [1.54, 1.807) is 0 Å². The summed E-state index contributed by atoms with van der Waals surface area (Å²) in [6, 6.07) is 57.8. The summed E-state index contributed by atoms with van der Waals surface area (Å²) in [7, 11) is 0. The molecular weight excluding hydrogens is 1120 g/mol. The Bertz CT molecular complexity index is 4860. The topological polar surface area (TPSA) is 31.4 Å². The second-order valence-electron chi connectivity index (χ2n) is 28.1. The molecule has 0 saturated heterocycles. The van der Waals surface area contributed by atoms with Gasteiger partial charge in [-0.1, -0.05) is 181 Å². The first-order valence-corrected chi connectivity index (χ1v) is 32.3. The molecule has 4 heterocycles. The number of para-hydroxylation sites is 6. The molecule has 4 aliphatic rings. The van der Waals surface area contributed by atoms with E-state index in [-0.39, 0.29) is 60.5 Å². The summed E-state index contributed by atoms with van der Waals surface area (Å²) in [5.74, 6) is 1.85. The van der Waals surface area contributed by atoms with Crippen molar-refractivity contribution in [3.8, 4) is 23.0 Å². The standard InChI is InChI=1S/C84H80B2N4O2/c1-49-25-17-19-35-67(49)87-71-48-72-66(47-65(71)85-63-39-37-59(83(11,12)13)41-69(63)89(79-51(3)27-21-28-52(79)4)75-45-61(43-73(87)77(75)85)91-81-55(7)31-23-32-56(81)8)86-64-40-38-60(84(14,15)16)42-70(64)90(80-53(5)29-22-30-54(80)6)76-46-62(92-82-57(9)33-24-34-58(82)10)44-74(78(76)86)88(72)68-36-20-18-26-50(68)2/h17-48H,1-16H3/i23D,24D,31D,32D,33D,34D. The summed E-state index contributed by atoms with van der Waals surface area (Å²) >= 11 is 0. The Morgan fingerprint density at radius 1 is 0.304 bits per heavy atom. The van der Waals surface area contributed by atoms with Gasteiger partial charge >= 0.3 is 0 Å². The summed E-state index contributed by atoms with van der Waals surface area (Å²) in [6.45, 7) is 33.4. The quantitative estimate of drug-likeness (QED) is 0.141. The first kappa shape index (κ1) is 52.0. The second kappa shape index (κ2) is 21.5. The number of hydrogen-bond acceptors (Lipinski definition) is 6. The van der Waals surface area contributed by atoms with Crippen molar-refractivity contribution in [1.82, 2.24) is 0 Å². The zero-order chi connectivity index (χ0) is 69.4. The van der Waals surface area contributed by atoms with E-state index >= 15 is 0 Å². The lowest BCUT2D eigenvalue weighted by atomic mass is 9.30. The molecule has 11 aromatic rings. The molecule has 15 rings (SSSR count). The van der Waals surface area contributed by atoms with Gasteiger partial charge in [-0.3, -0.25) is 0 Å². The molecule has 0 saturated carbocycles. The lowest BCUT2D eigenvalue weighted by Gasteiger charge is -2.48. The van der Waals surface area contributed by atoms with Gasteiger partial charge in [0, 0.05) is 81.1 Å². The SMILES string of the molecule is [2H]c1c([2H])c(C)c(Oc2cc3c4c(c2)N(c2c(C)cccc2C)c2cc(C(C)(C)C)ccc2B4c2cc4c(cc2N3c2ccccc2C)N(c2ccccc2C)c2cc(Oc3c(C)c([2H])c([2H])c([2H])c3C)cc3c2B4c2ccc(C(C)(C)C)cc2N3c2c(C)cccc2C)c(C)c1[2H]. The fourth-order valence-corrected chi connectivity index (χ4v) is 15.2. The minimum atomic E-state index is -0.337. The third kappa shape index (κ3) is 9.21. The molecule has 0 N–H and O–H groups in total. The Morgan fingerprint density at radius 2 is 0.630 bits per heavy atom. The summed E-state index contributed by atoms with van der Waals surface area (Å²) in [5.41, 5.74) is 29.3. The van der Waals surface area contributed by atoms with Crippen LogP contribution in [0.1, 0.15) is 117 Å². The van der Waals surface area contributed by atoms with Gasteiger partial charge in [-0.2, -0.15) is 0 Å². The largest absolute Gasteiger partial charge is 0.457 e. The highest BCUT2D eigenvalue weighted by Crippen LogP contribution is 2.53. The lowest BCUT2D eigenvalue weighted by molar-refractivity contribution is 0.475. The molecule has 0 spiro atoms. The van der Waals surface area contributed by atoms with Gasteiger partial charge < -0.3 is 29.1 Å². The Hall–Kier alpha value is -9.65. The van der Waals surface area contributed by atoms with E-state index in [0.29, 0.717) is 45.3 Å². The molecule has 6 nitrogen and oxygen atoms in total. The Balaban J connectivity index is 1.11. The smallest absolute Gasteiger partial charge is 0.252 e. The van der Waals surface area contributed by atoms with Gasteiger partial charge in [-0.05, 0) is 210 Å². The maximum Gasteiger partial charge on any atom is 0.252 e. The number of benzene rings is 11. The lowest BCUT2D eigenvalue weighted by Crippen LogP contribution is -2.65. The Labute approximate surface area is 554 Å². The van der Waals surface area contributed by atoms with E-state index in [9.17, 15) is 0 Å². The van der Waals surface area contributed by atoms with E-state index in [2.05, 4.69) is 260 Å². The van der Waals surface area contributed by atoms with Crippen molar-refractivity contribution in [1.29, 1.82) is 0 Å². The molecule has 0 amide bonds. The molecule has 0 aliphatic carbocycles. The summed E-state index contributed by atoms with van der Waals surface area (Å²) in [6.07, 6.45) is 0. The van der Waals surface area contributed by atoms with Crippen molar-refractivity contribution in [3.63, 3.8) is 0 Å². The number of ether oxygens (including phenoxy) is 2. The van der Waals surface area contributed by atoms with E-state index < -0.39 is 0 Å². The third-order valence-corrected chi connectivity index (χ3v) is 19.8. The maximum atomic E-state index is 9.11. The number of hydrogen-bond donors (Lipinski definition) is 0. The Morgan fingerprint density at radius 3 is 0.978 bits per heavy atom. The number of nitrogens with zero attached hydrogens (tertiary/aromatic N) is 4. The third-order valence-electron chi connectivity index (χ3n) is 19.8. The van der Waals surface area contributed by atoms with Crippen molar-refractivity contribution in [2.75, 3.05) is 19.6 Å². The fourth-order valence-electron chi connectivity index (χ4n) is 15.2. The molecule has 8 heteroatoms. The van der Waals surface area contributed by atoms with Gasteiger partial charge in [0.15, 0.2) is 0 Å². The maximum absolute atomic E-state index is 9.11. The number of fused-ring (bicyclic) bond motifs is 8. The van der Waals surface area contributed by atoms with Crippen LogP contribution in [0, 0.1) is 69.2 Å². The van der Waals surface area contributed by atoms with Crippen LogP contribution in [0.4, 0.5) is 68.2 Å².